The van der Waals surface area contributed by atoms with Crippen LogP contribution >= 0.6 is 0 Å². The van der Waals surface area contributed by atoms with Gasteiger partial charge in [-0.25, -0.2) is 0 Å². The van der Waals surface area contributed by atoms with E-state index >= 15 is 0 Å². The van der Waals surface area contributed by atoms with E-state index in [1.165, 1.54) is 0 Å². The van der Waals surface area contributed by atoms with E-state index in [1.807, 2.05) is 54.6 Å². The molecule has 5 rings (SSSR count). The zero-order chi connectivity index (χ0) is 25.9. The number of methoxy groups -OCH3 is 1. The van der Waals surface area contributed by atoms with Gasteiger partial charge in [0, 0.05) is 16.8 Å². The monoisotopic (exact) mass is 499 g/mol. The van der Waals surface area contributed by atoms with Gasteiger partial charge in [-0.15, -0.1) is 10.2 Å². The van der Waals surface area contributed by atoms with E-state index in [2.05, 4.69) is 31.3 Å². The zero-order valence-corrected chi connectivity index (χ0v) is 21.0. The molecule has 10 nitrogen and oxygen atoms in total. The Labute approximate surface area is 214 Å². The molecule has 0 radical (unpaired) electrons. The number of nitrogens with one attached hydrogen (secondary N) is 3. The fourth-order valence-corrected chi connectivity index (χ4v) is 4.82. The fourth-order valence-electron chi connectivity index (χ4n) is 4.82. The summed E-state index contributed by atoms with van der Waals surface area (Å²) in [6, 6.07) is 16.5. The Morgan fingerprint density at radius 1 is 1.16 bits per heavy atom. The highest BCUT2D eigenvalue weighted by molar-refractivity contribution is 6.03. The summed E-state index contributed by atoms with van der Waals surface area (Å²) in [5.74, 6) is 0.783. The number of ether oxygens (including phenoxy) is 1. The second-order valence-corrected chi connectivity index (χ2v) is 9.05. The minimum absolute atomic E-state index is 0.157. The summed E-state index contributed by atoms with van der Waals surface area (Å²) in [4.78, 5) is 28.4. The number of hydrogen-bond donors (Lipinski definition) is 3. The molecule has 3 aromatic carbocycles. The number of rotatable bonds is 7. The molecular weight excluding hydrogens is 470 g/mol. The Morgan fingerprint density at radius 2 is 2.00 bits per heavy atom. The lowest BCUT2D eigenvalue weighted by molar-refractivity contribution is -0.128. The summed E-state index contributed by atoms with van der Waals surface area (Å²) in [6.45, 7) is 2.03. The summed E-state index contributed by atoms with van der Waals surface area (Å²) in [6.07, 6.45) is 1.19. The molecule has 2 amide bonds. The first-order chi connectivity index (χ1) is 18.0. The first-order valence-corrected chi connectivity index (χ1v) is 12.2. The molecule has 0 spiro atoms. The number of tetrazole rings is 1. The lowest BCUT2D eigenvalue weighted by Gasteiger charge is -2.28. The van der Waals surface area contributed by atoms with Crippen LogP contribution in [-0.2, 0) is 22.6 Å². The summed E-state index contributed by atoms with van der Waals surface area (Å²) in [7, 11) is 3.34. The van der Waals surface area contributed by atoms with Crippen LogP contribution in [0.3, 0.4) is 0 Å². The van der Waals surface area contributed by atoms with E-state index in [-0.39, 0.29) is 18.4 Å². The molecule has 190 valence electrons. The van der Waals surface area contributed by atoms with Crippen LogP contribution in [0.2, 0.25) is 0 Å². The Hall–Kier alpha value is -4.31. The highest BCUT2D eigenvalue weighted by Crippen LogP contribution is 2.36. The van der Waals surface area contributed by atoms with Gasteiger partial charge in [-0.3, -0.25) is 9.59 Å². The van der Waals surface area contributed by atoms with Crippen LogP contribution in [0.5, 0.6) is 5.75 Å². The van der Waals surface area contributed by atoms with Crippen molar-refractivity contribution < 1.29 is 14.3 Å². The van der Waals surface area contributed by atoms with Gasteiger partial charge >= 0.3 is 0 Å². The molecule has 37 heavy (non-hydrogen) atoms. The first kappa shape index (κ1) is 24.4. The van der Waals surface area contributed by atoms with Gasteiger partial charge in [-0.05, 0) is 66.6 Å². The third-order valence-corrected chi connectivity index (χ3v) is 6.94. The molecule has 0 saturated carbocycles. The van der Waals surface area contributed by atoms with E-state index in [4.69, 9.17) is 4.74 Å². The van der Waals surface area contributed by atoms with Gasteiger partial charge in [-0.2, -0.15) is 5.21 Å². The van der Waals surface area contributed by atoms with E-state index in [1.54, 1.807) is 26.0 Å². The molecule has 2 atom stereocenters. The molecule has 4 aromatic rings. The normalized spacial score (nSPS) is 16.2. The molecule has 2 heterocycles. The summed E-state index contributed by atoms with van der Waals surface area (Å²) in [5, 5.41) is 22.2. The quantitative estimate of drug-likeness (QED) is 0.357. The molecule has 0 aliphatic carbocycles. The second kappa shape index (κ2) is 10.4. The molecule has 1 unspecified atom stereocenters. The predicted octanol–water partition coefficient (Wildman–Crippen LogP) is 2.60. The van der Waals surface area contributed by atoms with E-state index in [0.29, 0.717) is 24.4 Å². The van der Waals surface area contributed by atoms with Gasteiger partial charge in [-0.1, -0.05) is 36.4 Å². The topological polar surface area (TPSA) is 125 Å². The van der Waals surface area contributed by atoms with Crippen molar-refractivity contribution >= 4 is 28.3 Å². The number of likely N-dealkylation sites (N-methyl/N-ethyl adjacent to an activating group) is 1. The smallest absolute Gasteiger partial charge is 0.249 e. The number of benzene rings is 3. The van der Waals surface area contributed by atoms with Crippen molar-refractivity contribution in [2.75, 3.05) is 19.1 Å². The van der Waals surface area contributed by atoms with Crippen molar-refractivity contribution in [1.82, 2.24) is 31.3 Å². The number of anilines is 1. The van der Waals surface area contributed by atoms with Gasteiger partial charge in [0.1, 0.15) is 11.8 Å². The second-order valence-electron chi connectivity index (χ2n) is 9.05. The number of H-pyrrole nitrogens is 1. The highest BCUT2D eigenvalue weighted by atomic mass is 16.5. The molecule has 1 aliphatic heterocycles. The van der Waals surface area contributed by atoms with Gasteiger partial charge in [0.15, 0.2) is 0 Å². The summed E-state index contributed by atoms with van der Waals surface area (Å²) < 4.78 is 5.75. The minimum Gasteiger partial charge on any atom is -0.496 e. The molecule has 0 bridgehead atoms. The van der Waals surface area contributed by atoms with Crippen LogP contribution in [0.1, 0.15) is 24.5 Å². The highest BCUT2D eigenvalue weighted by Gasteiger charge is 2.33. The van der Waals surface area contributed by atoms with E-state index in [9.17, 15) is 9.59 Å². The third kappa shape index (κ3) is 4.63. The number of carbonyl (C=O) groups excluding carboxylic acids is 2. The number of amides is 2. The Morgan fingerprint density at radius 3 is 2.76 bits per heavy atom. The third-order valence-electron chi connectivity index (χ3n) is 6.94. The maximum atomic E-state index is 14.0. The van der Waals surface area contributed by atoms with Crippen molar-refractivity contribution in [3.63, 3.8) is 0 Å². The van der Waals surface area contributed by atoms with Crippen LogP contribution in [0.15, 0.2) is 54.6 Å². The van der Waals surface area contributed by atoms with Crippen LogP contribution < -0.4 is 20.3 Å². The van der Waals surface area contributed by atoms with Crippen molar-refractivity contribution in [3.8, 4) is 17.1 Å². The Balaban J connectivity index is 1.60. The van der Waals surface area contributed by atoms with Gasteiger partial charge in [0.25, 0.3) is 0 Å². The number of aromatic nitrogens is 4. The van der Waals surface area contributed by atoms with E-state index in [0.717, 1.165) is 33.2 Å². The average molecular weight is 500 g/mol. The SMILES string of the molecule is CNC(C)C(=O)N[C@H]1CCc2ccccc2N(Cc2c(OC)ccc3c(-c4nn[nH]n4)cccc23)C1=O. The maximum absolute atomic E-state index is 14.0. The number of carbonyl (C=O) groups is 2. The van der Waals surface area contributed by atoms with Crippen LogP contribution in [0, 0.1) is 0 Å². The van der Waals surface area contributed by atoms with Gasteiger partial charge in [0.2, 0.25) is 17.6 Å². The molecule has 10 heteroatoms. The van der Waals surface area contributed by atoms with Crippen LogP contribution in [-0.4, -0.2) is 58.7 Å². The minimum atomic E-state index is -0.647. The average Bonchev–Trinajstić information content (AvgIpc) is 3.43. The standard InChI is InChI=1S/C27H29N7O3/c1-16(28-2)26(35)29-22-13-11-17-7-4-5-10-23(17)34(27(22)36)15-21-18-8-6-9-20(25-30-32-33-31-25)19(18)12-14-24(21)37-3/h4-10,12,14,16,22,28H,11,13,15H2,1-3H3,(H,29,35)(H,30,31,32,33)/t16?,22-/m0/s1. The van der Waals surface area contributed by atoms with Gasteiger partial charge in [0.05, 0.1) is 19.7 Å². The molecule has 1 aliphatic rings. The lowest BCUT2D eigenvalue weighted by atomic mass is 9.98. The van der Waals surface area contributed by atoms with Crippen LogP contribution in [0.4, 0.5) is 5.69 Å². The largest absolute Gasteiger partial charge is 0.496 e. The fraction of sp³-hybridized carbons (Fsp3) is 0.296. The molecule has 1 aromatic heterocycles. The number of fused-ring (bicyclic) bond motifs is 2. The zero-order valence-electron chi connectivity index (χ0n) is 21.0. The Kier molecular flexibility index (Phi) is 6.82. The van der Waals surface area contributed by atoms with Crippen molar-refractivity contribution in [1.29, 1.82) is 0 Å². The summed E-state index contributed by atoms with van der Waals surface area (Å²) >= 11 is 0. The Bertz CT molecular complexity index is 1440. The number of nitrogens with zero attached hydrogens (tertiary/aromatic N) is 4. The van der Waals surface area contributed by atoms with E-state index < -0.39 is 12.1 Å². The molecule has 0 fully saturated rings. The van der Waals surface area contributed by atoms with Gasteiger partial charge < -0.3 is 20.3 Å². The first-order valence-electron chi connectivity index (χ1n) is 12.2. The molecule has 3 N–H and O–H groups in total. The van der Waals surface area contributed by atoms with Crippen molar-refractivity contribution in [2.45, 2.75) is 38.4 Å². The number of hydrogen-bond acceptors (Lipinski definition) is 7. The maximum Gasteiger partial charge on any atom is 0.249 e. The van der Waals surface area contributed by atoms with Crippen molar-refractivity contribution in [3.05, 3.63) is 65.7 Å². The number of aromatic amines is 1. The number of para-hydroxylation sites is 1. The summed E-state index contributed by atoms with van der Waals surface area (Å²) in [5.41, 5.74) is 3.56. The van der Waals surface area contributed by atoms with Crippen LogP contribution in [0.25, 0.3) is 22.2 Å². The molecular formula is C27H29N7O3. The number of aryl methyl sites for hydroxylation is 1. The lowest BCUT2D eigenvalue weighted by Crippen LogP contribution is -2.52. The predicted molar refractivity (Wildman–Crippen MR) is 140 cm³/mol. The molecule has 0 saturated heterocycles. The van der Waals surface area contributed by atoms with Crippen molar-refractivity contribution in [2.24, 2.45) is 0 Å².